The van der Waals surface area contributed by atoms with Crippen LogP contribution in [0.4, 0.5) is 10.1 Å². The first-order chi connectivity index (χ1) is 8.44. The summed E-state index contributed by atoms with van der Waals surface area (Å²) in [5, 5.41) is 3.00. The molecule has 0 amide bonds. The Kier molecular flexibility index (Phi) is 6.04. The average molecular weight is 339 g/mol. The Hall–Kier alpha value is -0.660. The van der Waals surface area contributed by atoms with Crippen molar-refractivity contribution in [1.29, 1.82) is 0 Å². The summed E-state index contributed by atoms with van der Waals surface area (Å²) in [4.78, 5) is 0. The number of anilines is 1. The van der Waals surface area contributed by atoms with Crippen molar-refractivity contribution in [1.82, 2.24) is 5.32 Å². The molecule has 0 aromatic heterocycles. The molecule has 0 saturated heterocycles. The third kappa shape index (κ3) is 5.32. The molecule has 0 bridgehead atoms. The lowest BCUT2D eigenvalue weighted by atomic mass is 10.3. The van der Waals surface area contributed by atoms with Crippen molar-refractivity contribution in [2.45, 2.75) is 13.3 Å². The lowest BCUT2D eigenvalue weighted by Gasteiger charge is -2.09. The molecule has 0 radical (unpaired) electrons. The molecule has 0 saturated carbocycles. The van der Waals surface area contributed by atoms with E-state index in [4.69, 9.17) is 0 Å². The van der Waals surface area contributed by atoms with Gasteiger partial charge in [0, 0.05) is 6.54 Å². The van der Waals surface area contributed by atoms with Gasteiger partial charge in [0.2, 0.25) is 10.0 Å². The minimum Gasteiger partial charge on any atom is -0.316 e. The molecule has 7 heteroatoms. The van der Waals surface area contributed by atoms with Gasteiger partial charge in [-0.05, 0) is 47.1 Å². The van der Waals surface area contributed by atoms with E-state index in [0.717, 1.165) is 19.0 Å². The third-order valence-electron chi connectivity index (χ3n) is 2.17. The molecule has 18 heavy (non-hydrogen) atoms. The number of hydrogen-bond donors (Lipinski definition) is 2. The van der Waals surface area contributed by atoms with Crippen molar-refractivity contribution in [3.05, 3.63) is 28.5 Å². The van der Waals surface area contributed by atoms with Gasteiger partial charge >= 0.3 is 0 Å². The maximum Gasteiger partial charge on any atom is 0.233 e. The van der Waals surface area contributed by atoms with Crippen LogP contribution in [0.25, 0.3) is 0 Å². The van der Waals surface area contributed by atoms with Crippen LogP contribution in [0.3, 0.4) is 0 Å². The zero-order valence-corrected chi connectivity index (χ0v) is 12.4. The highest BCUT2D eigenvalue weighted by atomic mass is 79.9. The number of hydrogen-bond acceptors (Lipinski definition) is 3. The fraction of sp³-hybridized carbons (Fsp3) is 0.455. The molecule has 2 N–H and O–H groups in total. The van der Waals surface area contributed by atoms with E-state index in [2.05, 4.69) is 26.0 Å². The van der Waals surface area contributed by atoms with E-state index in [-0.39, 0.29) is 11.4 Å². The van der Waals surface area contributed by atoms with Gasteiger partial charge < -0.3 is 5.32 Å². The second-order valence-electron chi connectivity index (χ2n) is 3.80. The molecule has 0 aliphatic heterocycles. The first-order valence-electron chi connectivity index (χ1n) is 5.61. The summed E-state index contributed by atoms with van der Waals surface area (Å²) < 4.78 is 39.2. The SMILES string of the molecule is CCCNCCS(=O)(=O)Nc1ccc(Br)c(F)c1. The van der Waals surface area contributed by atoms with Gasteiger partial charge in [0.15, 0.2) is 0 Å². The molecule has 1 rings (SSSR count). The van der Waals surface area contributed by atoms with E-state index >= 15 is 0 Å². The second-order valence-corrected chi connectivity index (χ2v) is 6.50. The summed E-state index contributed by atoms with van der Waals surface area (Å²) in [5.41, 5.74) is 0.228. The molecule has 0 aliphatic carbocycles. The molecule has 102 valence electrons. The lowest BCUT2D eigenvalue weighted by Crippen LogP contribution is -2.27. The van der Waals surface area contributed by atoms with Crippen molar-refractivity contribution < 1.29 is 12.8 Å². The molecule has 1 aromatic carbocycles. The number of nitrogens with one attached hydrogen (secondary N) is 2. The quantitative estimate of drug-likeness (QED) is 0.750. The van der Waals surface area contributed by atoms with Gasteiger partial charge in [-0.15, -0.1) is 0 Å². The Labute approximate surface area is 115 Å². The summed E-state index contributed by atoms with van der Waals surface area (Å²) in [6.07, 6.45) is 0.950. The number of benzene rings is 1. The third-order valence-corrected chi connectivity index (χ3v) is 4.10. The van der Waals surface area contributed by atoms with Gasteiger partial charge in [0.25, 0.3) is 0 Å². The summed E-state index contributed by atoms with van der Waals surface area (Å²) in [6, 6.07) is 4.10. The molecule has 0 aliphatic rings. The fourth-order valence-corrected chi connectivity index (χ4v) is 2.55. The second kappa shape index (κ2) is 7.06. The van der Waals surface area contributed by atoms with Crippen LogP contribution in [0, 0.1) is 5.82 Å². The standard InChI is InChI=1S/C11H16BrFN2O2S/c1-2-5-14-6-7-18(16,17)15-9-3-4-10(12)11(13)8-9/h3-4,8,14-15H,2,5-7H2,1H3. The van der Waals surface area contributed by atoms with Crippen molar-refractivity contribution in [3.8, 4) is 0 Å². The normalized spacial score (nSPS) is 11.5. The van der Waals surface area contributed by atoms with Crippen LogP contribution in [0.2, 0.25) is 0 Å². The topological polar surface area (TPSA) is 58.2 Å². The van der Waals surface area contributed by atoms with E-state index in [1.807, 2.05) is 6.92 Å². The monoisotopic (exact) mass is 338 g/mol. The van der Waals surface area contributed by atoms with Gasteiger partial charge in [-0.25, -0.2) is 12.8 Å². The predicted octanol–water partition coefficient (Wildman–Crippen LogP) is 2.33. The van der Waals surface area contributed by atoms with Crippen molar-refractivity contribution in [3.63, 3.8) is 0 Å². The van der Waals surface area contributed by atoms with Crippen LogP contribution in [0.15, 0.2) is 22.7 Å². The van der Waals surface area contributed by atoms with E-state index < -0.39 is 15.8 Å². The maximum absolute atomic E-state index is 13.2. The summed E-state index contributed by atoms with van der Waals surface area (Å²) in [7, 11) is -3.44. The van der Waals surface area contributed by atoms with Crippen molar-refractivity contribution in [2.75, 3.05) is 23.6 Å². The number of sulfonamides is 1. The van der Waals surface area contributed by atoms with Gasteiger partial charge in [0.1, 0.15) is 5.82 Å². The fourth-order valence-electron chi connectivity index (χ4n) is 1.30. The van der Waals surface area contributed by atoms with E-state index in [1.165, 1.54) is 12.1 Å². The van der Waals surface area contributed by atoms with E-state index in [9.17, 15) is 12.8 Å². The van der Waals surface area contributed by atoms with Crippen LogP contribution < -0.4 is 10.0 Å². The Morgan fingerprint density at radius 2 is 2.06 bits per heavy atom. The first-order valence-corrected chi connectivity index (χ1v) is 8.05. The van der Waals surface area contributed by atoms with Crippen molar-refractivity contribution >= 4 is 31.6 Å². The zero-order chi connectivity index (χ0) is 13.6. The smallest absolute Gasteiger partial charge is 0.233 e. The maximum atomic E-state index is 13.2. The minimum atomic E-state index is -3.44. The minimum absolute atomic E-state index is 0.0370. The highest BCUT2D eigenvalue weighted by molar-refractivity contribution is 9.10. The molecule has 0 spiro atoms. The summed E-state index contributed by atoms with van der Waals surface area (Å²) >= 11 is 3.01. The highest BCUT2D eigenvalue weighted by Crippen LogP contribution is 2.19. The lowest BCUT2D eigenvalue weighted by molar-refractivity contribution is 0.595. The molecule has 1 aromatic rings. The zero-order valence-electron chi connectivity index (χ0n) is 10.0. The Balaban J connectivity index is 2.56. The Bertz CT molecular complexity index is 494. The van der Waals surface area contributed by atoms with E-state index in [1.54, 1.807) is 0 Å². The highest BCUT2D eigenvalue weighted by Gasteiger charge is 2.10. The Morgan fingerprint density at radius 3 is 2.67 bits per heavy atom. The molecule has 0 fully saturated rings. The van der Waals surface area contributed by atoms with E-state index in [0.29, 0.717) is 11.0 Å². The molecular weight excluding hydrogens is 323 g/mol. The molecule has 0 heterocycles. The van der Waals surface area contributed by atoms with Crippen molar-refractivity contribution in [2.24, 2.45) is 0 Å². The summed E-state index contributed by atoms with van der Waals surface area (Å²) in [6.45, 7) is 3.16. The van der Waals surface area contributed by atoms with Crippen LogP contribution in [0.1, 0.15) is 13.3 Å². The first kappa shape index (κ1) is 15.4. The van der Waals surface area contributed by atoms with Crippen LogP contribution in [0.5, 0.6) is 0 Å². The summed E-state index contributed by atoms with van der Waals surface area (Å²) in [5.74, 6) is -0.538. The van der Waals surface area contributed by atoms with Gasteiger partial charge in [-0.1, -0.05) is 6.92 Å². The van der Waals surface area contributed by atoms with Crippen LogP contribution in [-0.4, -0.2) is 27.3 Å². The number of rotatable bonds is 7. The molecular formula is C11H16BrFN2O2S. The molecule has 0 unspecified atom stereocenters. The molecule has 4 nitrogen and oxygen atoms in total. The van der Waals surface area contributed by atoms with Gasteiger partial charge in [-0.3, -0.25) is 4.72 Å². The van der Waals surface area contributed by atoms with Gasteiger partial charge in [0.05, 0.1) is 15.9 Å². The average Bonchev–Trinajstić information content (AvgIpc) is 2.29. The Morgan fingerprint density at radius 1 is 1.33 bits per heavy atom. The van der Waals surface area contributed by atoms with Crippen LogP contribution >= 0.6 is 15.9 Å². The molecule has 0 atom stereocenters. The van der Waals surface area contributed by atoms with Gasteiger partial charge in [-0.2, -0.15) is 0 Å². The predicted molar refractivity (Wildman–Crippen MR) is 74.7 cm³/mol. The van der Waals surface area contributed by atoms with Crippen LogP contribution in [-0.2, 0) is 10.0 Å². The number of halogens is 2. The largest absolute Gasteiger partial charge is 0.316 e.